The maximum absolute atomic E-state index is 4.26. The second kappa shape index (κ2) is 4.57. The zero-order valence-electron chi connectivity index (χ0n) is 8.71. The van der Waals surface area contributed by atoms with E-state index in [1.807, 2.05) is 0 Å². The Morgan fingerprint density at radius 2 is 2.21 bits per heavy atom. The Hall–Kier alpha value is -0.870. The van der Waals surface area contributed by atoms with E-state index in [0.29, 0.717) is 0 Å². The summed E-state index contributed by atoms with van der Waals surface area (Å²) >= 11 is 0. The Balaban J connectivity index is 1.79. The molecule has 2 N–H and O–H groups in total. The number of H-pyrrole nitrogens is 1. The fourth-order valence-corrected chi connectivity index (χ4v) is 1.80. The van der Waals surface area contributed by atoms with Gasteiger partial charge in [-0.3, -0.25) is 0 Å². The maximum atomic E-state index is 4.26. The van der Waals surface area contributed by atoms with Crippen molar-refractivity contribution in [1.29, 1.82) is 0 Å². The van der Waals surface area contributed by atoms with Crippen LogP contribution in [0.1, 0.15) is 30.7 Å². The molecule has 1 aromatic heterocycles. The van der Waals surface area contributed by atoms with Crippen LogP contribution in [0.4, 0.5) is 0 Å². The van der Waals surface area contributed by atoms with Crippen LogP contribution in [0.2, 0.25) is 0 Å². The molecular weight excluding hydrogens is 176 g/mol. The van der Waals surface area contributed by atoms with Gasteiger partial charge in [-0.25, -0.2) is 15.4 Å². The lowest BCUT2D eigenvalue weighted by Gasteiger charge is -2.26. The van der Waals surface area contributed by atoms with Gasteiger partial charge in [0.2, 0.25) is 0 Å². The van der Waals surface area contributed by atoms with Crippen LogP contribution in [0.3, 0.4) is 0 Å². The third kappa shape index (κ3) is 2.33. The van der Waals surface area contributed by atoms with E-state index in [1.165, 1.54) is 32.4 Å². The van der Waals surface area contributed by atoms with Gasteiger partial charge in [-0.2, -0.15) is 0 Å². The number of aromatic amines is 1. The zero-order valence-corrected chi connectivity index (χ0v) is 8.71. The van der Waals surface area contributed by atoms with Crippen molar-refractivity contribution in [3.63, 3.8) is 0 Å². The molecule has 1 saturated heterocycles. The first-order valence-corrected chi connectivity index (χ1v) is 5.33. The lowest BCUT2D eigenvalue weighted by molar-refractivity contribution is 0.150. The molecule has 0 unspecified atom stereocenters. The van der Waals surface area contributed by atoms with E-state index in [0.717, 1.165) is 17.9 Å². The molecule has 1 fully saturated rings. The number of nitrogens with one attached hydrogen (secondary N) is 2. The highest BCUT2D eigenvalue weighted by Crippen LogP contribution is 2.07. The molecule has 0 bridgehead atoms. The van der Waals surface area contributed by atoms with E-state index < -0.39 is 0 Å². The van der Waals surface area contributed by atoms with Gasteiger partial charge in [0.15, 0.2) is 0 Å². The van der Waals surface area contributed by atoms with Crippen molar-refractivity contribution in [2.45, 2.75) is 32.7 Å². The first-order chi connectivity index (χ1) is 6.86. The van der Waals surface area contributed by atoms with Gasteiger partial charge in [0.25, 0.3) is 0 Å². The number of hydrogen-bond donors (Lipinski definition) is 2. The molecule has 0 atom stereocenters. The summed E-state index contributed by atoms with van der Waals surface area (Å²) in [6.45, 7) is 5.24. The number of imidazole rings is 1. The predicted octanol–water partition coefficient (Wildman–Crippen LogP) is 1.21. The lowest BCUT2D eigenvalue weighted by atomic mass is 10.2. The number of rotatable bonds is 3. The molecule has 0 aliphatic carbocycles. The molecule has 4 heteroatoms. The molecule has 1 aliphatic heterocycles. The average Bonchev–Trinajstić information content (AvgIpc) is 2.63. The SMILES string of the molecule is Cc1[nH]cnc1CNN1CCCCC1. The molecule has 1 aromatic rings. The number of hydrogen-bond acceptors (Lipinski definition) is 3. The third-order valence-corrected chi connectivity index (χ3v) is 2.76. The fraction of sp³-hybridized carbons (Fsp3) is 0.700. The summed E-state index contributed by atoms with van der Waals surface area (Å²) in [6.07, 6.45) is 5.75. The van der Waals surface area contributed by atoms with Crippen LogP contribution >= 0.6 is 0 Å². The van der Waals surface area contributed by atoms with Gasteiger partial charge in [-0.15, -0.1) is 0 Å². The second-order valence-corrected chi connectivity index (χ2v) is 3.86. The highest BCUT2D eigenvalue weighted by Gasteiger charge is 2.09. The van der Waals surface area contributed by atoms with Crippen LogP contribution in [-0.2, 0) is 6.54 Å². The van der Waals surface area contributed by atoms with Gasteiger partial charge in [0, 0.05) is 18.8 Å². The van der Waals surface area contributed by atoms with Crippen LogP contribution in [0.15, 0.2) is 6.33 Å². The molecule has 14 heavy (non-hydrogen) atoms. The van der Waals surface area contributed by atoms with Crippen LogP contribution in [0.5, 0.6) is 0 Å². The van der Waals surface area contributed by atoms with E-state index in [9.17, 15) is 0 Å². The zero-order chi connectivity index (χ0) is 9.80. The van der Waals surface area contributed by atoms with E-state index in [-0.39, 0.29) is 0 Å². The van der Waals surface area contributed by atoms with Gasteiger partial charge < -0.3 is 4.98 Å². The van der Waals surface area contributed by atoms with Gasteiger partial charge >= 0.3 is 0 Å². The number of piperidine rings is 1. The van der Waals surface area contributed by atoms with E-state index in [4.69, 9.17) is 0 Å². The summed E-state index contributed by atoms with van der Waals surface area (Å²) in [7, 11) is 0. The van der Waals surface area contributed by atoms with Crippen LogP contribution < -0.4 is 5.43 Å². The molecule has 2 rings (SSSR count). The van der Waals surface area contributed by atoms with Gasteiger partial charge in [-0.05, 0) is 19.8 Å². The molecule has 4 nitrogen and oxygen atoms in total. The first-order valence-electron chi connectivity index (χ1n) is 5.33. The van der Waals surface area contributed by atoms with E-state index in [2.05, 4.69) is 27.3 Å². The van der Waals surface area contributed by atoms with Crippen molar-refractivity contribution in [3.05, 3.63) is 17.7 Å². The van der Waals surface area contributed by atoms with Crippen molar-refractivity contribution in [2.75, 3.05) is 13.1 Å². The van der Waals surface area contributed by atoms with Gasteiger partial charge in [-0.1, -0.05) is 6.42 Å². The maximum Gasteiger partial charge on any atom is 0.0925 e. The molecule has 78 valence electrons. The Labute approximate surface area is 84.7 Å². The van der Waals surface area contributed by atoms with Gasteiger partial charge in [0.1, 0.15) is 0 Å². The van der Waals surface area contributed by atoms with Crippen molar-refractivity contribution in [2.24, 2.45) is 0 Å². The summed E-state index contributed by atoms with van der Waals surface area (Å²) in [6, 6.07) is 0. The topological polar surface area (TPSA) is 44.0 Å². The van der Waals surface area contributed by atoms with Crippen LogP contribution in [0, 0.1) is 6.92 Å². The fourth-order valence-electron chi connectivity index (χ4n) is 1.80. The van der Waals surface area contributed by atoms with Crippen molar-refractivity contribution in [1.82, 2.24) is 20.4 Å². The first kappa shape index (κ1) is 9.68. The summed E-state index contributed by atoms with van der Waals surface area (Å²) < 4.78 is 0. The van der Waals surface area contributed by atoms with Crippen molar-refractivity contribution < 1.29 is 0 Å². The summed E-state index contributed by atoms with van der Waals surface area (Å²) in [5.41, 5.74) is 5.70. The highest BCUT2D eigenvalue weighted by atomic mass is 15.5. The molecular formula is C10H18N4. The molecule has 1 aliphatic rings. The Bertz CT molecular complexity index is 275. The largest absolute Gasteiger partial charge is 0.348 e. The van der Waals surface area contributed by atoms with Crippen LogP contribution in [-0.4, -0.2) is 28.1 Å². The third-order valence-electron chi connectivity index (χ3n) is 2.76. The number of aryl methyl sites for hydroxylation is 1. The summed E-state index contributed by atoms with van der Waals surface area (Å²) in [4.78, 5) is 7.34. The standard InChI is InChI=1S/C10H18N4/c1-9-10(12-8-11-9)7-13-14-5-3-2-4-6-14/h8,13H,2-7H2,1H3,(H,11,12). The summed E-state index contributed by atoms with van der Waals surface area (Å²) in [5, 5.41) is 2.30. The molecule has 0 amide bonds. The van der Waals surface area contributed by atoms with E-state index >= 15 is 0 Å². The lowest BCUT2D eigenvalue weighted by Crippen LogP contribution is -2.41. The number of hydrazine groups is 1. The molecule has 0 spiro atoms. The minimum absolute atomic E-state index is 0.843. The normalized spacial score (nSPS) is 18.6. The van der Waals surface area contributed by atoms with Crippen molar-refractivity contribution in [3.8, 4) is 0 Å². The smallest absolute Gasteiger partial charge is 0.0925 e. The minimum Gasteiger partial charge on any atom is -0.348 e. The summed E-state index contributed by atoms with van der Waals surface area (Å²) in [5.74, 6) is 0. The predicted molar refractivity (Wildman–Crippen MR) is 55.6 cm³/mol. The van der Waals surface area contributed by atoms with Crippen molar-refractivity contribution >= 4 is 0 Å². The van der Waals surface area contributed by atoms with E-state index in [1.54, 1.807) is 6.33 Å². The quantitative estimate of drug-likeness (QED) is 0.760. The van der Waals surface area contributed by atoms with Crippen LogP contribution in [0.25, 0.3) is 0 Å². The number of nitrogens with zero attached hydrogens (tertiary/aromatic N) is 2. The average molecular weight is 194 g/mol. The minimum atomic E-state index is 0.843. The Morgan fingerprint density at radius 1 is 1.43 bits per heavy atom. The monoisotopic (exact) mass is 194 g/mol. The molecule has 0 saturated carbocycles. The molecule has 0 aromatic carbocycles. The molecule has 0 radical (unpaired) electrons. The molecule has 2 heterocycles. The Kier molecular flexibility index (Phi) is 3.16. The van der Waals surface area contributed by atoms with Gasteiger partial charge in [0.05, 0.1) is 18.6 Å². The number of aromatic nitrogens is 2. The Morgan fingerprint density at radius 3 is 2.86 bits per heavy atom. The highest BCUT2D eigenvalue weighted by molar-refractivity contribution is 5.07. The second-order valence-electron chi connectivity index (χ2n) is 3.86.